The lowest BCUT2D eigenvalue weighted by Gasteiger charge is -2.05. The van der Waals surface area contributed by atoms with Gasteiger partial charge in [-0.15, -0.1) is 0 Å². The number of nitrogens with one attached hydrogen (secondary N) is 1. The van der Waals surface area contributed by atoms with Gasteiger partial charge in [-0.2, -0.15) is 0 Å². The number of amides is 1. The third kappa shape index (κ3) is 3.09. The molecule has 1 N–H and O–H groups in total. The molecule has 3 nitrogen and oxygen atoms in total. The van der Waals surface area contributed by atoms with Crippen LogP contribution in [0.15, 0.2) is 24.3 Å². The van der Waals surface area contributed by atoms with Crippen molar-refractivity contribution in [3.8, 4) is 5.75 Å². The first-order chi connectivity index (χ1) is 6.76. The molecule has 0 aliphatic carbocycles. The van der Waals surface area contributed by atoms with Gasteiger partial charge in [-0.1, -0.05) is 19.1 Å². The monoisotopic (exact) mass is 193 g/mol. The van der Waals surface area contributed by atoms with Crippen LogP contribution in [-0.2, 0) is 11.3 Å². The van der Waals surface area contributed by atoms with Crippen LogP contribution in [0.2, 0.25) is 0 Å². The number of carbonyl (C=O) groups is 1. The maximum Gasteiger partial charge on any atom is 0.219 e. The van der Waals surface area contributed by atoms with Crippen molar-refractivity contribution in [3.05, 3.63) is 29.8 Å². The first kappa shape index (κ1) is 10.6. The summed E-state index contributed by atoms with van der Waals surface area (Å²) in [7, 11) is 1.63. The molecule has 0 saturated heterocycles. The predicted octanol–water partition coefficient (Wildman–Crippen LogP) is 1.72. The van der Waals surface area contributed by atoms with Crippen molar-refractivity contribution in [1.29, 1.82) is 0 Å². The minimum absolute atomic E-state index is 0.0628. The maximum atomic E-state index is 11.0. The molecule has 0 fully saturated rings. The quantitative estimate of drug-likeness (QED) is 0.790. The van der Waals surface area contributed by atoms with Gasteiger partial charge in [0.1, 0.15) is 5.75 Å². The van der Waals surface area contributed by atoms with E-state index in [2.05, 4.69) is 5.32 Å². The van der Waals surface area contributed by atoms with Gasteiger partial charge < -0.3 is 10.1 Å². The third-order valence-corrected chi connectivity index (χ3v) is 1.94. The summed E-state index contributed by atoms with van der Waals surface area (Å²) in [4.78, 5) is 11.0. The van der Waals surface area contributed by atoms with Crippen molar-refractivity contribution in [2.45, 2.75) is 19.9 Å². The van der Waals surface area contributed by atoms with Gasteiger partial charge in [0.2, 0.25) is 5.91 Å². The van der Waals surface area contributed by atoms with Crippen LogP contribution < -0.4 is 10.1 Å². The van der Waals surface area contributed by atoms with Gasteiger partial charge in [-0.05, 0) is 17.7 Å². The molecule has 1 rings (SSSR count). The van der Waals surface area contributed by atoms with Crippen molar-refractivity contribution >= 4 is 5.91 Å². The Morgan fingerprint density at radius 3 is 2.93 bits per heavy atom. The fourth-order valence-electron chi connectivity index (χ4n) is 1.11. The zero-order chi connectivity index (χ0) is 10.4. The van der Waals surface area contributed by atoms with Crippen molar-refractivity contribution in [1.82, 2.24) is 5.32 Å². The molecule has 0 aliphatic heterocycles. The number of rotatable bonds is 4. The topological polar surface area (TPSA) is 38.3 Å². The average molecular weight is 193 g/mol. The third-order valence-electron chi connectivity index (χ3n) is 1.94. The molecule has 1 aromatic rings. The van der Waals surface area contributed by atoms with Gasteiger partial charge in [0.25, 0.3) is 0 Å². The van der Waals surface area contributed by atoms with E-state index in [1.54, 1.807) is 7.11 Å². The molecule has 76 valence electrons. The Labute approximate surface area is 84.1 Å². The second kappa shape index (κ2) is 5.27. The van der Waals surface area contributed by atoms with Crippen molar-refractivity contribution < 1.29 is 9.53 Å². The zero-order valence-electron chi connectivity index (χ0n) is 8.54. The average Bonchev–Trinajstić information content (AvgIpc) is 2.26. The molecule has 0 aromatic heterocycles. The molecule has 0 atom stereocenters. The van der Waals surface area contributed by atoms with E-state index in [0.29, 0.717) is 13.0 Å². The fraction of sp³-hybridized carbons (Fsp3) is 0.364. The molecule has 0 heterocycles. The predicted molar refractivity (Wildman–Crippen MR) is 55.1 cm³/mol. The van der Waals surface area contributed by atoms with Crippen LogP contribution in [0.25, 0.3) is 0 Å². The second-order valence-electron chi connectivity index (χ2n) is 2.98. The highest BCUT2D eigenvalue weighted by atomic mass is 16.5. The number of methoxy groups -OCH3 is 1. The first-order valence-corrected chi connectivity index (χ1v) is 4.66. The largest absolute Gasteiger partial charge is 0.497 e. The highest BCUT2D eigenvalue weighted by Gasteiger charge is 1.98. The Morgan fingerprint density at radius 2 is 2.29 bits per heavy atom. The smallest absolute Gasteiger partial charge is 0.219 e. The molecular formula is C11H15NO2. The molecule has 14 heavy (non-hydrogen) atoms. The van der Waals surface area contributed by atoms with Crippen LogP contribution in [0.3, 0.4) is 0 Å². The number of hydrogen-bond acceptors (Lipinski definition) is 2. The van der Waals surface area contributed by atoms with E-state index in [9.17, 15) is 4.79 Å². The Morgan fingerprint density at radius 1 is 1.50 bits per heavy atom. The molecule has 0 spiro atoms. The van der Waals surface area contributed by atoms with E-state index < -0.39 is 0 Å². The van der Waals surface area contributed by atoms with Crippen molar-refractivity contribution in [2.75, 3.05) is 7.11 Å². The molecule has 1 amide bonds. The van der Waals surface area contributed by atoms with Crippen molar-refractivity contribution in [2.24, 2.45) is 0 Å². The summed E-state index contributed by atoms with van der Waals surface area (Å²) in [6.07, 6.45) is 0.518. The lowest BCUT2D eigenvalue weighted by atomic mass is 10.2. The number of hydrogen-bond donors (Lipinski definition) is 1. The minimum Gasteiger partial charge on any atom is -0.497 e. The fourth-order valence-corrected chi connectivity index (χ4v) is 1.11. The summed E-state index contributed by atoms with van der Waals surface area (Å²) in [6, 6.07) is 7.66. The molecule has 3 heteroatoms. The zero-order valence-corrected chi connectivity index (χ0v) is 8.54. The van der Waals surface area contributed by atoms with E-state index in [1.165, 1.54) is 0 Å². The van der Waals surface area contributed by atoms with Crippen LogP contribution >= 0.6 is 0 Å². The number of benzene rings is 1. The molecule has 0 unspecified atom stereocenters. The minimum atomic E-state index is 0.0628. The van der Waals surface area contributed by atoms with Gasteiger partial charge in [0, 0.05) is 13.0 Å². The Balaban J connectivity index is 2.54. The van der Waals surface area contributed by atoms with Gasteiger partial charge in [0.15, 0.2) is 0 Å². The van der Waals surface area contributed by atoms with Crippen LogP contribution in [0.1, 0.15) is 18.9 Å². The SMILES string of the molecule is CCC(=O)NCc1cccc(OC)c1. The van der Waals surface area contributed by atoms with E-state index in [0.717, 1.165) is 11.3 Å². The van der Waals surface area contributed by atoms with E-state index in [4.69, 9.17) is 4.74 Å². The Bertz CT molecular complexity index is 310. The standard InChI is InChI=1S/C11H15NO2/c1-3-11(13)12-8-9-5-4-6-10(7-9)14-2/h4-7H,3,8H2,1-2H3,(H,12,13). The summed E-state index contributed by atoms with van der Waals surface area (Å²) in [5.74, 6) is 0.876. The Kier molecular flexibility index (Phi) is 3.98. The second-order valence-corrected chi connectivity index (χ2v) is 2.98. The van der Waals surface area contributed by atoms with Crippen LogP contribution in [-0.4, -0.2) is 13.0 Å². The summed E-state index contributed by atoms with van der Waals surface area (Å²) < 4.78 is 5.08. The highest BCUT2D eigenvalue weighted by Crippen LogP contribution is 2.11. The maximum absolute atomic E-state index is 11.0. The summed E-state index contributed by atoms with van der Waals surface area (Å²) in [6.45, 7) is 2.39. The summed E-state index contributed by atoms with van der Waals surface area (Å²) in [5.41, 5.74) is 1.05. The van der Waals surface area contributed by atoms with Gasteiger partial charge in [-0.25, -0.2) is 0 Å². The first-order valence-electron chi connectivity index (χ1n) is 4.66. The van der Waals surface area contributed by atoms with Crippen LogP contribution in [0.4, 0.5) is 0 Å². The lowest BCUT2D eigenvalue weighted by molar-refractivity contribution is -0.120. The summed E-state index contributed by atoms with van der Waals surface area (Å²) >= 11 is 0. The van der Waals surface area contributed by atoms with Gasteiger partial charge in [0.05, 0.1) is 7.11 Å². The highest BCUT2D eigenvalue weighted by molar-refractivity contribution is 5.75. The molecule has 0 bridgehead atoms. The molecule has 1 aromatic carbocycles. The molecule has 0 aliphatic rings. The van der Waals surface area contributed by atoms with E-state index in [1.807, 2.05) is 31.2 Å². The molecule has 0 radical (unpaired) electrons. The summed E-state index contributed by atoms with van der Waals surface area (Å²) in [5, 5.41) is 2.81. The van der Waals surface area contributed by atoms with Gasteiger partial charge >= 0.3 is 0 Å². The normalized spacial score (nSPS) is 9.57. The molecular weight excluding hydrogens is 178 g/mol. The van der Waals surface area contributed by atoms with Crippen LogP contribution in [0.5, 0.6) is 5.75 Å². The van der Waals surface area contributed by atoms with Crippen molar-refractivity contribution in [3.63, 3.8) is 0 Å². The molecule has 0 saturated carbocycles. The Hall–Kier alpha value is -1.51. The van der Waals surface area contributed by atoms with E-state index in [-0.39, 0.29) is 5.91 Å². The van der Waals surface area contributed by atoms with Gasteiger partial charge in [-0.3, -0.25) is 4.79 Å². The lowest BCUT2D eigenvalue weighted by Crippen LogP contribution is -2.21. The van der Waals surface area contributed by atoms with E-state index >= 15 is 0 Å². The number of carbonyl (C=O) groups excluding carboxylic acids is 1. The number of ether oxygens (including phenoxy) is 1. The van der Waals surface area contributed by atoms with Crippen LogP contribution in [0, 0.1) is 0 Å².